The molecule has 0 aromatic heterocycles. The van der Waals surface area contributed by atoms with Crippen LogP contribution in [0, 0.1) is 17.8 Å². The van der Waals surface area contributed by atoms with Crippen LogP contribution in [0.5, 0.6) is 0 Å². The predicted molar refractivity (Wildman–Crippen MR) is 79.6 cm³/mol. The zero-order chi connectivity index (χ0) is 14.1. The van der Waals surface area contributed by atoms with Crippen LogP contribution in [0.4, 0.5) is 0 Å². The first-order valence-electron chi connectivity index (χ1n) is 7.55. The molecule has 2 heteroatoms. The Labute approximate surface area is 114 Å². The highest BCUT2D eigenvalue weighted by atomic mass is 16.2. The lowest BCUT2D eigenvalue weighted by Crippen LogP contribution is -2.27. The summed E-state index contributed by atoms with van der Waals surface area (Å²) in [4.78, 5) is 13.4. The fourth-order valence-electron chi connectivity index (χ4n) is 2.36. The van der Waals surface area contributed by atoms with Gasteiger partial charge >= 0.3 is 0 Å². The van der Waals surface area contributed by atoms with Gasteiger partial charge in [0.2, 0.25) is 5.91 Å². The molecule has 0 aromatic rings. The van der Waals surface area contributed by atoms with E-state index in [1.807, 2.05) is 21.0 Å². The molecule has 18 heavy (non-hydrogen) atoms. The molecule has 0 N–H and O–H groups in total. The van der Waals surface area contributed by atoms with Crippen molar-refractivity contribution in [2.75, 3.05) is 14.1 Å². The van der Waals surface area contributed by atoms with Crippen molar-refractivity contribution in [1.29, 1.82) is 0 Å². The van der Waals surface area contributed by atoms with Crippen LogP contribution in [0.2, 0.25) is 0 Å². The summed E-state index contributed by atoms with van der Waals surface area (Å²) in [5, 5.41) is 0. The van der Waals surface area contributed by atoms with Gasteiger partial charge in [0.05, 0.1) is 0 Å². The average molecular weight is 255 g/mol. The smallest absolute Gasteiger partial charge is 0.224 e. The third-order valence-electron chi connectivity index (χ3n) is 3.67. The van der Waals surface area contributed by atoms with Gasteiger partial charge in [-0.05, 0) is 18.3 Å². The van der Waals surface area contributed by atoms with Gasteiger partial charge in [-0.1, -0.05) is 59.8 Å². The topological polar surface area (TPSA) is 20.3 Å². The zero-order valence-corrected chi connectivity index (χ0v) is 13.3. The molecule has 0 bridgehead atoms. The number of hydrogen-bond acceptors (Lipinski definition) is 1. The van der Waals surface area contributed by atoms with Gasteiger partial charge in [-0.15, -0.1) is 0 Å². The first kappa shape index (κ1) is 17.5. The van der Waals surface area contributed by atoms with Gasteiger partial charge in [0, 0.05) is 20.0 Å². The van der Waals surface area contributed by atoms with Crippen LogP contribution in [-0.2, 0) is 4.79 Å². The average Bonchev–Trinajstić information content (AvgIpc) is 2.27. The van der Waals surface area contributed by atoms with Crippen LogP contribution >= 0.6 is 0 Å². The van der Waals surface area contributed by atoms with Crippen molar-refractivity contribution < 1.29 is 4.79 Å². The van der Waals surface area contributed by atoms with E-state index in [-0.39, 0.29) is 11.8 Å². The number of nitrogens with zero attached hydrogens (tertiary/aromatic N) is 1. The van der Waals surface area contributed by atoms with E-state index < -0.39 is 0 Å². The highest BCUT2D eigenvalue weighted by molar-refractivity contribution is 5.77. The molecule has 0 saturated heterocycles. The third-order valence-corrected chi connectivity index (χ3v) is 3.67. The first-order valence-corrected chi connectivity index (χ1v) is 7.55. The Morgan fingerprint density at radius 1 is 0.889 bits per heavy atom. The summed E-state index contributed by atoms with van der Waals surface area (Å²) in [5.41, 5.74) is 0. The van der Waals surface area contributed by atoms with Gasteiger partial charge in [-0.2, -0.15) is 0 Å². The van der Waals surface area contributed by atoms with Gasteiger partial charge in [0.1, 0.15) is 0 Å². The van der Waals surface area contributed by atoms with E-state index in [0.29, 0.717) is 0 Å². The molecule has 0 aliphatic carbocycles. The monoisotopic (exact) mass is 255 g/mol. The number of amides is 1. The summed E-state index contributed by atoms with van der Waals surface area (Å²) in [6.07, 6.45) is 7.53. The SMILES string of the molecule is CC(C)CCCC(C)CCCC(C)C(=O)N(C)C. The molecule has 2 unspecified atom stereocenters. The largest absolute Gasteiger partial charge is 0.349 e. The molecular weight excluding hydrogens is 222 g/mol. The molecule has 0 rings (SSSR count). The second-order valence-corrected chi connectivity index (χ2v) is 6.49. The minimum atomic E-state index is 0.183. The molecule has 0 aromatic carbocycles. The fourth-order valence-corrected chi connectivity index (χ4v) is 2.36. The summed E-state index contributed by atoms with van der Waals surface area (Å²) in [6, 6.07) is 0. The lowest BCUT2D eigenvalue weighted by molar-refractivity contribution is -0.132. The van der Waals surface area contributed by atoms with Crippen molar-refractivity contribution in [2.45, 2.75) is 66.2 Å². The Balaban J connectivity index is 3.61. The quantitative estimate of drug-likeness (QED) is 0.600. The second-order valence-electron chi connectivity index (χ2n) is 6.49. The minimum absolute atomic E-state index is 0.183. The van der Waals surface area contributed by atoms with Gasteiger partial charge in [-0.25, -0.2) is 0 Å². The maximum absolute atomic E-state index is 11.7. The van der Waals surface area contributed by atoms with Crippen LogP contribution in [0.3, 0.4) is 0 Å². The fraction of sp³-hybridized carbons (Fsp3) is 0.938. The number of carbonyl (C=O) groups excluding carboxylic acids is 1. The molecule has 0 fully saturated rings. The van der Waals surface area contributed by atoms with Gasteiger partial charge in [-0.3, -0.25) is 4.79 Å². The molecule has 2 atom stereocenters. The summed E-state index contributed by atoms with van der Waals surface area (Å²) in [6.45, 7) is 8.98. The molecule has 2 nitrogen and oxygen atoms in total. The maximum Gasteiger partial charge on any atom is 0.224 e. The van der Waals surface area contributed by atoms with E-state index in [4.69, 9.17) is 0 Å². The van der Waals surface area contributed by atoms with Crippen molar-refractivity contribution in [3.8, 4) is 0 Å². The molecule has 0 radical (unpaired) electrons. The van der Waals surface area contributed by atoms with Gasteiger partial charge in [0.15, 0.2) is 0 Å². The molecule has 0 aliphatic heterocycles. The van der Waals surface area contributed by atoms with Crippen LogP contribution < -0.4 is 0 Å². The van der Waals surface area contributed by atoms with Crippen molar-refractivity contribution in [1.82, 2.24) is 4.90 Å². The Kier molecular flexibility index (Phi) is 9.13. The van der Waals surface area contributed by atoms with Gasteiger partial charge < -0.3 is 4.90 Å². The Morgan fingerprint density at radius 3 is 1.83 bits per heavy atom. The Morgan fingerprint density at radius 2 is 1.39 bits per heavy atom. The van der Waals surface area contributed by atoms with Crippen molar-refractivity contribution in [3.05, 3.63) is 0 Å². The molecule has 0 saturated carbocycles. The van der Waals surface area contributed by atoms with Crippen molar-refractivity contribution in [2.24, 2.45) is 17.8 Å². The highest BCUT2D eigenvalue weighted by Gasteiger charge is 2.14. The van der Waals surface area contributed by atoms with E-state index in [1.54, 1.807) is 4.90 Å². The zero-order valence-electron chi connectivity index (χ0n) is 13.3. The van der Waals surface area contributed by atoms with Crippen molar-refractivity contribution >= 4 is 5.91 Å². The lowest BCUT2D eigenvalue weighted by Gasteiger charge is -2.17. The Hall–Kier alpha value is -0.530. The number of rotatable bonds is 9. The van der Waals surface area contributed by atoms with Gasteiger partial charge in [0.25, 0.3) is 0 Å². The second kappa shape index (κ2) is 9.41. The highest BCUT2D eigenvalue weighted by Crippen LogP contribution is 2.19. The lowest BCUT2D eigenvalue weighted by atomic mass is 9.93. The molecule has 0 spiro atoms. The molecule has 1 amide bonds. The standard InChI is InChI=1S/C16H33NO/c1-13(2)9-7-10-14(3)11-8-12-15(4)16(18)17(5)6/h13-15H,7-12H2,1-6H3. The van der Waals surface area contributed by atoms with E-state index >= 15 is 0 Å². The van der Waals surface area contributed by atoms with E-state index in [1.165, 1.54) is 32.1 Å². The van der Waals surface area contributed by atoms with Crippen LogP contribution in [0.15, 0.2) is 0 Å². The normalized spacial score (nSPS) is 14.6. The molecule has 0 aliphatic rings. The first-order chi connectivity index (χ1) is 8.34. The summed E-state index contributed by atoms with van der Waals surface area (Å²) < 4.78 is 0. The van der Waals surface area contributed by atoms with E-state index in [0.717, 1.165) is 18.3 Å². The minimum Gasteiger partial charge on any atom is -0.349 e. The third kappa shape index (κ3) is 8.54. The van der Waals surface area contributed by atoms with Crippen LogP contribution in [0.25, 0.3) is 0 Å². The van der Waals surface area contributed by atoms with Crippen molar-refractivity contribution in [3.63, 3.8) is 0 Å². The van der Waals surface area contributed by atoms with E-state index in [2.05, 4.69) is 20.8 Å². The summed E-state index contributed by atoms with van der Waals surface area (Å²) in [5.74, 6) is 2.09. The molecule has 108 valence electrons. The number of carbonyl (C=O) groups is 1. The Bertz CT molecular complexity index is 223. The predicted octanol–water partition coefficient (Wildman–Crippen LogP) is 4.34. The summed E-state index contributed by atoms with van der Waals surface area (Å²) in [7, 11) is 3.68. The van der Waals surface area contributed by atoms with Crippen LogP contribution in [0.1, 0.15) is 66.2 Å². The number of hydrogen-bond donors (Lipinski definition) is 0. The maximum atomic E-state index is 11.7. The van der Waals surface area contributed by atoms with Crippen LogP contribution in [-0.4, -0.2) is 24.9 Å². The molecule has 0 heterocycles. The molecular formula is C16H33NO. The van der Waals surface area contributed by atoms with E-state index in [9.17, 15) is 4.79 Å². The summed E-state index contributed by atoms with van der Waals surface area (Å²) >= 11 is 0.